The normalized spacial score (nSPS) is 12.4. The largest absolute Gasteiger partial charge is 0.309 e. The number of rotatable bonds is 3. The van der Waals surface area contributed by atoms with Crippen LogP contribution in [0.2, 0.25) is 0 Å². The fraction of sp³-hybridized carbons (Fsp3) is 0.200. The van der Waals surface area contributed by atoms with E-state index in [2.05, 4.69) is 5.32 Å². The van der Waals surface area contributed by atoms with Gasteiger partial charge in [0, 0.05) is 5.56 Å². The summed E-state index contributed by atoms with van der Waals surface area (Å²) in [6.45, 7) is 1.79. The van der Waals surface area contributed by atoms with Crippen molar-refractivity contribution in [2.24, 2.45) is 0 Å². The second kappa shape index (κ2) is 5.11. The number of hydrogen-bond acceptors (Lipinski definition) is 1. The molecule has 0 bridgehead atoms. The predicted octanol–water partition coefficient (Wildman–Crippen LogP) is 3.44. The molecule has 0 aliphatic rings. The van der Waals surface area contributed by atoms with E-state index in [1.807, 2.05) is 49.5 Å². The molecule has 2 heteroatoms. The molecule has 0 radical (unpaired) electrons. The minimum atomic E-state index is -0.129. The zero-order valence-electron chi connectivity index (χ0n) is 10.1. The van der Waals surface area contributed by atoms with E-state index >= 15 is 0 Å². The Hall–Kier alpha value is -1.67. The quantitative estimate of drug-likeness (QED) is 0.850. The summed E-state index contributed by atoms with van der Waals surface area (Å²) in [5.41, 5.74) is 2.44. The summed E-state index contributed by atoms with van der Waals surface area (Å²) in [5.74, 6) is -0.129. The molecule has 2 aromatic rings. The highest BCUT2D eigenvalue weighted by Gasteiger charge is 2.16. The average molecular weight is 229 g/mol. The van der Waals surface area contributed by atoms with E-state index in [9.17, 15) is 4.39 Å². The molecule has 0 aromatic heterocycles. The minimum Gasteiger partial charge on any atom is -0.309 e. The van der Waals surface area contributed by atoms with Crippen LogP contribution in [0.5, 0.6) is 0 Å². The topological polar surface area (TPSA) is 12.0 Å². The zero-order valence-corrected chi connectivity index (χ0v) is 10.1. The standard InChI is InChI=1S/C15H16FN/c1-11-7-6-10-13(14(11)16)15(17-2)12-8-4-3-5-9-12/h3-10,15,17H,1-2H3. The number of halogens is 1. The Bertz CT molecular complexity index is 494. The summed E-state index contributed by atoms with van der Waals surface area (Å²) in [4.78, 5) is 0. The van der Waals surface area contributed by atoms with Gasteiger partial charge in [0.15, 0.2) is 0 Å². The van der Waals surface area contributed by atoms with E-state index < -0.39 is 0 Å². The molecule has 1 unspecified atom stereocenters. The fourth-order valence-corrected chi connectivity index (χ4v) is 2.04. The molecule has 0 saturated carbocycles. The Labute approximate surface area is 101 Å². The van der Waals surface area contributed by atoms with Crippen molar-refractivity contribution in [2.75, 3.05) is 7.05 Å². The van der Waals surface area contributed by atoms with Crippen molar-refractivity contribution in [3.05, 3.63) is 71.0 Å². The van der Waals surface area contributed by atoms with Gasteiger partial charge < -0.3 is 5.32 Å². The van der Waals surface area contributed by atoms with Crippen molar-refractivity contribution in [2.45, 2.75) is 13.0 Å². The van der Waals surface area contributed by atoms with Crippen molar-refractivity contribution < 1.29 is 4.39 Å². The van der Waals surface area contributed by atoms with Gasteiger partial charge in [0.1, 0.15) is 5.82 Å². The van der Waals surface area contributed by atoms with Crippen molar-refractivity contribution >= 4 is 0 Å². The molecular formula is C15H16FN. The minimum absolute atomic E-state index is 0.101. The maximum atomic E-state index is 14.1. The number of nitrogens with one attached hydrogen (secondary N) is 1. The second-order valence-corrected chi connectivity index (χ2v) is 4.11. The third-order valence-electron chi connectivity index (χ3n) is 2.95. The van der Waals surface area contributed by atoms with Crippen LogP contribution in [0.4, 0.5) is 4.39 Å². The van der Waals surface area contributed by atoms with Crippen molar-refractivity contribution in [1.82, 2.24) is 5.32 Å². The summed E-state index contributed by atoms with van der Waals surface area (Å²) in [6.07, 6.45) is 0. The lowest BCUT2D eigenvalue weighted by Crippen LogP contribution is -2.19. The fourth-order valence-electron chi connectivity index (χ4n) is 2.04. The first kappa shape index (κ1) is 11.8. The molecule has 0 saturated heterocycles. The number of benzene rings is 2. The molecule has 88 valence electrons. The molecule has 1 nitrogen and oxygen atoms in total. The molecule has 0 amide bonds. The maximum Gasteiger partial charge on any atom is 0.131 e. The van der Waals surface area contributed by atoms with E-state index in [-0.39, 0.29) is 11.9 Å². The third kappa shape index (κ3) is 2.37. The highest BCUT2D eigenvalue weighted by Crippen LogP contribution is 2.25. The molecule has 0 spiro atoms. The summed E-state index contributed by atoms with van der Waals surface area (Å²) in [7, 11) is 1.85. The number of hydrogen-bond donors (Lipinski definition) is 1. The van der Waals surface area contributed by atoms with Crippen molar-refractivity contribution in [3.8, 4) is 0 Å². The van der Waals surface area contributed by atoms with Crippen LogP contribution in [0.25, 0.3) is 0 Å². The zero-order chi connectivity index (χ0) is 12.3. The van der Waals surface area contributed by atoms with Crippen LogP contribution in [0.3, 0.4) is 0 Å². The molecule has 0 aliphatic heterocycles. The van der Waals surface area contributed by atoms with Gasteiger partial charge in [0.2, 0.25) is 0 Å². The van der Waals surface area contributed by atoms with Gasteiger partial charge in [-0.1, -0.05) is 48.5 Å². The highest BCUT2D eigenvalue weighted by atomic mass is 19.1. The van der Waals surface area contributed by atoms with E-state index in [0.29, 0.717) is 11.1 Å². The highest BCUT2D eigenvalue weighted by molar-refractivity contribution is 5.35. The summed E-state index contributed by atoms with van der Waals surface area (Å²) in [5, 5.41) is 3.16. The van der Waals surface area contributed by atoms with Crippen LogP contribution >= 0.6 is 0 Å². The van der Waals surface area contributed by atoms with Crippen molar-refractivity contribution in [1.29, 1.82) is 0 Å². The van der Waals surface area contributed by atoms with E-state index in [0.717, 1.165) is 5.56 Å². The summed E-state index contributed by atoms with van der Waals surface area (Å²) < 4.78 is 14.1. The van der Waals surface area contributed by atoms with Gasteiger partial charge in [-0.05, 0) is 25.1 Å². The summed E-state index contributed by atoms with van der Waals surface area (Å²) >= 11 is 0. The lowest BCUT2D eigenvalue weighted by molar-refractivity contribution is 0.569. The lowest BCUT2D eigenvalue weighted by Gasteiger charge is -2.18. The van der Waals surface area contributed by atoms with Crippen LogP contribution < -0.4 is 5.32 Å². The third-order valence-corrected chi connectivity index (χ3v) is 2.95. The van der Waals surface area contributed by atoms with Crippen LogP contribution in [-0.4, -0.2) is 7.05 Å². The summed E-state index contributed by atoms with van der Waals surface area (Å²) in [6, 6.07) is 15.3. The Kier molecular flexibility index (Phi) is 3.55. The Morgan fingerprint density at radius 3 is 2.35 bits per heavy atom. The second-order valence-electron chi connectivity index (χ2n) is 4.11. The van der Waals surface area contributed by atoms with E-state index in [1.54, 1.807) is 13.0 Å². The molecule has 1 atom stereocenters. The first-order valence-electron chi connectivity index (χ1n) is 5.71. The Morgan fingerprint density at radius 1 is 1.00 bits per heavy atom. The first-order chi connectivity index (χ1) is 8.24. The number of aryl methyl sites for hydroxylation is 1. The van der Waals surface area contributed by atoms with Crippen LogP contribution in [0.15, 0.2) is 48.5 Å². The first-order valence-corrected chi connectivity index (χ1v) is 5.71. The van der Waals surface area contributed by atoms with Crippen LogP contribution in [-0.2, 0) is 0 Å². The lowest BCUT2D eigenvalue weighted by atomic mass is 9.97. The predicted molar refractivity (Wildman–Crippen MR) is 68.5 cm³/mol. The van der Waals surface area contributed by atoms with Gasteiger partial charge in [0.25, 0.3) is 0 Å². The molecule has 0 fully saturated rings. The van der Waals surface area contributed by atoms with Gasteiger partial charge >= 0.3 is 0 Å². The monoisotopic (exact) mass is 229 g/mol. The Morgan fingerprint density at radius 2 is 1.71 bits per heavy atom. The van der Waals surface area contributed by atoms with Gasteiger partial charge in [-0.3, -0.25) is 0 Å². The molecule has 0 heterocycles. The molecule has 17 heavy (non-hydrogen) atoms. The van der Waals surface area contributed by atoms with Gasteiger partial charge in [-0.15, -0.1) is 0 Å². The SMILES string of the molecule is CNC(c1ccccc1)c1cccc(C)c1F. The molecule has 1 N–H and O–H groups in total. The molecule has 2 aromatic carbocycles. The van der Waals surface area contributed by atoms with E-state index in [4.69, 9.17) is 0 Å². The smallest absolute Gasteiger partial charge is 0.131 e. The van der Waals surface area contributed by atoms with Gasteiger partial charge in [0.05, 0.1) is 6.04 Å². The van der Waals surface area contributed by atoms with Crippen LogP contribution in [0.1, 0.15) is 22.7 Å². The molecule has 2 rings (SSSR count). The van der Waals surface area contributed by atoms with Gasteiger partial charge in [-0.2, -0.15) is 0 Å². The van der Waals surface area contributed by atoms with Crippen molar-refractivity contribution in [3.63, 3.8) is 0 Å². The maximum absolute atomic E-state index is 14.1. The molecular weight excluding hydrogens is 213 g/mol. The van der Waals surface area contributed by atoms with E-state index in [1.165, 1.54) is 0 Å². The van der Waals surface area contributed by atoms with Crippen LogP contribution in [0, 0.1) is 12.7 Å². The average Bonchev–Trinajstić information content (AvgIpc) is 2.37. The Balaban J connectivity index is 2.46. The molecule has 0 aliphatic carbocycles. The van der Waals surface area contributed by atoms with Gasteiger partial charge in [-0.25, -0.2) is 4.39 Å².